The molecule has 0 atom stereocenters. The fourth-order valence-electron chi connectivity index (χ4n) is 2.48. The number of alkyl halides is 3. The van der Waals surface area contributed by atoms with Gasteiger partial charge in [-0.25, -0.2) is 4.98 Å². The summed E-state index contributed by atoms with van der Waals surface area (Å²) in [7, 11) is 1.76. The zero-order valence-corrected chi connectivity index (χ0v) is 12.7. The van der Waals surface area contributed by atoms with Crippen molar-refractivity contribution in [2.45, 2.75) is 6.18 Å². The SMILES string of the molecule is Cn1cc(-c2cccc(C(F)(F)F)c2)nc1-c1cccc(C=O)c1. The van der Waals surface area contributed by atoms with Gasteiger partial charge in [0.1, 0.15) is 12.1 Å². The van der Waals surface area contributed by atoms with Crippen molar-refractivity contribution in [2.24, 2.45) is 7.05 Å². The number of aryl methyl sites for hydroxylation is 1. The lowest BCUT2D eigenvalue weighted by Crippen LogP contribution is -2.04. The van der Waals surface area contributed by atoms with Gasteiger partial charge in [0, 0.05) is 29.9 Å². The summed E-state index contributed by atoms with van der Waals surface area (Å²) in [5.74, 6) is 0.575. The maximum Gasteiger partial charge on any atom is 0.416 e. The van der Waals surface area contributed by atoms with Crippen LogP contribution in [0.15, 0.2) is 54.7 Å². The van der Waals surface area contributed by atoms with Gasteiger partial charge >= 0.3 is 6.18 Å². The first kappa shape index (κ1) is 16.0. The number of benzene rings is 2. The van der Waals surface area contributed by atoms with Crippen molar-refractivity contribution in [2.75, 3.05) is 0 Å². The molecule has 0 amide bonds. The summed E-state index contributed by atoms with van der Waals surface area (Å²) in [4.78, 5) is 15.3. The van der Waals surface area contributed by atoms with Crippen LogP contribution in [0.5, 0.6) is 0 Å². The Hall–Kier alpha value is -2.89. The van der Waals surface area contributed by atoms with Crippen LogP contribution in [-0.2, 0) is 13.2 Å². The van der Waals surface area contributed by atoms with E-state index in [1.807, 2.05) is 0 Å². The molecule has 0 aliphatic rings. The molecule has 0 radical (unpaired) electrons. The normalized spacial score (nSPS) is 11.5. The van der Waals surface area contributed by atoms with Gasteiger partial charge in [-0.2, -0.15) is 13.2 Å². The van der Waals surface area contributed by atoms with E-state index in [0.717, 1.165) is 24.0 Å². The largest absolute Gasteiger partial charge is 0.416 e. The van der Waals surface area contributed by atoms with E-state index in [1.54, 1.807) is 48.1 Å². The van der Waals surface area contributed by atoms with Crippen molar-refractivity contribution in [3.63, 3.8) is 0 Å². The summed E-state index contributed by atoms with van der Waals surface area (Å²) in [5, 5.41) is 0. The maximum atomic E-state index is 12.9. The molecule has 24 heavy (non-hydrogen) atoms. The lowest BCUT2D eigenvalue weighted by atomic mass is 10.1. The van der Waals surface area contributed by atoms with Gasteiger partial charge in [0.05, 0.1) is 11.3 Å². The molecule has 0 unspecified atom stereocenters. The van der Waals surface area contributed by atoms with E-state index >= 15 is 0 Å². The van der Waals surface area contributed by atoms with Crippen molar-refractivity contribution in [3.8, 4) is 22.6 Å². The number of nitrogens with zero attached hydrogens (tertiary/aromatic N) is 2. The van der Waals surface area contributed by atoms with Gasteiger partial charge in [-0.3, -0.25) is 4.79 Å². The number of carbonyl (C=O) groups excluding carboxylic acids is 1. The highest BCUT2D eigenvalue weighted by Crippen LogP contribution is 2.32. The first-order valence-corrected chi connectivity index (χ1v) is 7.15. The van der Waals surface area contributed by atoms with Crippen LogP contribution in [0.1, 0.15) is 15.9 Å². The van der Waals surface area contributed by atoms with E-state index in [0.29, 0.717) is 22.6 Å². The highest BCUT2D eigenvalue weighted by molar-refractivity contribution is 5.78. The predicted molar refractivity (Wildman–Crippen MR) is 84.5 cm³/mol. The summed E-state index contributed by atoms with van der Waals surface area (Å²) < 4.78 is 40.3. The van der Waals surface area contributed by atoms with Crippen LogP contribution in [0, 0.1) is 0 Å². The standard InChI is InChI=1S/C18H13F3N2O/c1-23-10-16(13-5-3-7-15(9-13)18(19,20)21)22-17(23)14-6-2-4-12(8-14)11-24/h2-11H,1H3. The van der Waals surface area contributed by atoms with Gasteiger partial charge in [-0.05, 0) is 18.2 Å². The number of halogens is 3. The smallest absolute Gasteiger partial charge is 0.333 e. The van der Waals surface area contributed by atoms with Crippen LogP contribution >= 0.6 is 0 Å². The Morgan fingerprint density at radius 3 is 2.46 bits per heavy atom. The number of aldehydes is 1. The predicted octanol–water partition coefficient (Wildman–Crippen LogP) is 4.59. The second kappa shape index (κ2) is 5.96. The Labute approximate surface area is 136 Å². The van der Waals surface area contributed by atoms with E-state index in [1.165, 1.54) is 6.07 Å². The van der Waals surface area contributed by atoms with E-state index < -0.39 is 11.7 Å². The summed E-state index contributed by atoms with van der Waals surface area (Å²) >= 11 is 0. The molecule has 2 aromatic carbocycles. The number of carbonyl (C=O) groups is 1. The number of rotatable bonds is 3. The second-order valence-electron chi connectivity index (χ2n) is 5.38. The Balaban J connectivity index is 2.04. The van der Waals surface area contributed by atoms with Crippen molar-refractivity contribution in [1.82, 2.24) is 9.55 Å². The van der Waals surface area contributed by atoms with Crippen LogP contribution in [0.25, 0.3) is 22.6 Å². The molecule has 6 heteroatoms. The Bertz CT molecular complexity index is 897. The van der Waals surface area contributed by atoms with Crippen LogP contribution in [0.4, 0.5) is 13.2 Å². The summed E-state index contributed by atoms with van der Waals surface area (Å²) in [6, 6.07) is 11.9. The van der Waals surface area contributed by atoms with E-state index in [2.05, 4.69) is 4.98 Å². The van der Waals surface area contributed by atoms with Gasteiger partial charge in [0.15, 0.2) is 0 Å². The quantitative estimate of drug-likeness (QED) is 0.659. The molecule has 0 N–H and O–H groups in total. The molecule has 3 nitrogen and oxygen atoms in total. The number of imidazole rings is 1. The molecular formula is C18H13F3N2O. The van der Waals surface area contributed by atoms with Crippen molar-refractivity contribution in [3.05, 3.63) is 65.9 Å². The van der Waals surface area contributed by atoms with Gasteiger partial charge in [-0.15, -0.1) is 0 Å². The average Bonchev–Trinajstić information content (AvgIpc) is 2.96. The van der Waals surface area contributed by atoms with Crippen LogP contribution in [-0.4, -0.2) is 15.8 Å². The van der Waals surface area contributed by atoms with Gasteiger partial charge in [0.25, 0.3) is 0 Å². The summed E-state index contributed by atoms with van der Waals surface area (Å²) in [5.41, 5.74) is 1.35. The number of hydrogen-bond acceptors (Lipinski definition) is 2. The Morgan fingerprint density at radius 2 is 1.75 bits per heavy atom. The lowest BCUT2D eigenvalue weighted by Gasteiger charge is -2.07. The third kappa shape index (κ3) is 3.08. The molecule has 1 heterocycles. The molecule has 0 spiro atoms. The maximum absolute atomic E-state index is 12.9. The van der Waals surface area contributed by atoms with E-state index in [-0.39, 0.29) is 0 Å². The summed E-state index contributed by atoms with van der Waals surface area (Å²) in [6.07, 6.45) is -2.00. The van der Waals surface area contributed by atoms with Crippen LogP contribution in [0.2, 0.25) is 0 Å². The minimum absolute atomic E-state index is 0.387. The molecule has 3 rings (SSSR count). The second-order valence-corrected chi connectivity index (χ2v) is 5.38. The molecule has 0 saturated heterocycles. The average molecular weight is 330 g/mol. The third-order valence-corrected chi connectivity index (χ3v) is 3.64. The molecule has 0 bridgehead atoms. The molecule has 0 aliphatic carbocycles. The molecule has 0 saturated carbocycles. The van der Waals surface area contributed by atoms with E-state index in [9.17, 15) is 18.0 Å². The Kier molecular flexibility index (Phi) is 3.97. The highest BCUT2D eigenvalue weighted by Gasteiger charge is 2.30. The molecule has 3 aromatic rings. The molecular weight excluding hydrogens is 317 g/mol. The minimum Gasteiger partial charge on any atom is -0.333 e. The van der Waals surface area contributed by atoms with Gasteiger partial charge in [-0.1, -0.05) is 30.3 Å². The van der Waals surface area contributed by atoms with Gasteiger partial charge < -0.3 is 4.57 Å². The molecule has 0 fully saturated rings. The van der Waals surface area contributed by atoms with Crippen molar-refractivity contribution < 1.29 is 18.0 Å². The molecule has 0 aliphatic heterocycles. The van der Waals surface area contributed by atoms with E-state index in [4.69, 9.17) is 0 Å². The third-order valence-electron chi connectivity index (χ3n) is 3.64. The topological polar surface area (TPSA) is 34.9 Å². The van der Waals surface area contributed by atoms with Crippen LogP contribution < -0.4 is 0 Å². The lowest BCUT2D eigenvalue weighted by molar-refractivity contribution is -0.137. The van der Waals surface area contributed by atoms with Crippen molar-refractivity contribution >= 4 is 6.29 Å². The van der Waals surface area contributed by atoms with Gasteiger partial charge in [0.2, 0.25) is 0 Å². The molecule has 122 valence electrons. The van der Waals surface area contributed by atoms with Crippen LogP contribution in [0.3, 0.4) is 0 Å². The zero-order valence-electron chi connectivity index (χ0n) is 12.7. The molecule has 1 aromatic heterocycles. The fraction of sp³-hybridized carbons (Fsp3) is 0.111. The zero-order chi connectivity index (χ0) is 17.3. The number of hydrogen-bond donors (Lipinski definition) is 0. The highest BCUT2D eigenvalue weighted by atomic mass is 19.4. The fourth-order valence-corrected chi connectivity index (χ4v) is 2.48. The monoisotopic (exact) mass is 330 g/mol. The van der Waals surface area contributed by atoms with Crippen molar-refractivity contribution in [1.29, 1.82) is 0 Å². The minimum atomic E-state index is -4.40. The Morgan fingerprint density at radius 1 is 1.04 bits per heavy atom. The first-order chi connectivity index (χ1) is 11.4. The summed E-state index contributed by atoms with van der Waals surface area (Å²) in [6.45, 7) is 0. The first-order valence-electron chi connectivity index (χ1n) is 7.15. The number of aromatic nitrogens is 2.